The Morgan fingerprint density at radius 1 is 1.33 bits per heavy atom. The Hall–Kier alpha value is -0.340. The maximum absolute atomic E-state index is 5.92. The summed E-state index contributed by atoms with van der Waals surface area (Å²) < 4.78 is 7.13. The molecule has 3 aliphatic rings. The van der Waals surface area contributed by atoms with Gasteiger partial charge in [-0.1, -0.05) is 34.1 Å². The van der Waals surface area contributed by atoms with E-state index >= 15 is 0 Å². The third kappa shape index (κ3) is 3.60. The number of hydrogen-bond acceptors (Lipinski definition) is 2. The second-order valence-corrected chi connectivity index (χ2v) is 7.90. The van der Waals surface area contributed by atoms with Gasteiger partial charge in [-0.25, -0.2) is 0 Å². The predicted molar refractivity (Wildman–Crippen MR) is 111 cm³/mol. The van der Waals surface area contributed by atoms with Crippen molar-refractivity contribution >= 4 is 45.9 Å². The molecule has 0 amide bonds. The van der Waals surface area contributed by atoms with Crippen LogP contribution in [0.3, 0.4) is 0 Å². The smallest absolute Gasteiger partial charge is 0.191 e. The summed E-state index contributed by atoms with van der Waals surface area (Å²) in [5, 5.41) is 7.11. The average molecular weight is 506 g/mol. The largest absolute Gasteiger partial charge is 0.373 e. The molecule has 0 spiro atoms. The van der Waals surface area contributed by atoms with Crippen molar-refractivity contribution in [2.45, 2.75) is 55.8 Å². The average Bonchev–Trinajstić information content (AvgIpc) is 3.05. The van der Waals surface area contributed by atoms with Crippen LogP contribution in [0.5, 0.6) is 0 Å². The zero-order valence-corrected chi connectivity index (χ0v) is 17.8. The van der Waals surface area contributed by atoms with Crippen LogP contribution in [0.15, 0.2) is 33.7 Å². The SMILES string of the molecule is CN=C(NCC1(c2ccccc2Br)CC1)NC1CC2CCC1O2.I. The minimum Gasteiger partial charge on any atom is -0.373 e. The predicted octanol–water partition coefficient (Wildman–Crippen LogP) is 3.58. The lowest BCUT2D eigenvalue weighted by Crippen LogP contribution is -2.49. The van der Waals surface area contributed by atoms with Gasteiger partial charge in [0.25, 0.3) is 0 Å². The number of hydrogen-bond donors (Lipinski definition) is 2. The van der Waals surface area contributed by atoms with Gasteiger partial charge in [0.1, 0.15) is 0 Å². The van der Waals surface area contributed by atoms with Gasteiger partial charge in [-0.15, -0.1) is 24.0 Å². The molecule has 3 unspecified atom stereocenters. The van der Waals surface area contributed by atoms with E-state index in [-0.39, 0.29) is 29.4 Å². The first-order valence-electron chi connectivity index (χ1n) is 8.58. The molecule has 2 aliphatic heterocycles. The molecule has 4 nitrogen and oxygen atoms in total. The molecule has 0 radical (unpaired) electrons. The van der Waals surface area contributed by atoms with Crippen molar-refractivity contribution < 1.29 is 4.74 Å². The fraction of sp³-hybridized carbons (Fsp3) is 0.611. The van der Waals surface area contributed by atoms with Crippen LogP contribution in [0.25, 0.3) is 0 Å². The molecule has 1 saturated carbocycles. The van der Waals surface area contributed by atoms with Gasteiger partial charge in [0.2, 0.25) is 0 Å². The van der Waals surface area contributed by atoms with Gasteiger partial charge in [-0.05, 0) is 43.7 Å². The fourth-order valence-electron chi connectivity index (χ4n) is 4.00. The highest BCUT2D eigenvalue weighted by molar-refractivity contribution is 14.0. The Balaban J connectivity index is 0.00000169. The van der Waals surface area contributed by atoms with Crippen LogP contribution in [0.4, 0.5) is 0 Å². The normalized spacial score (nSPS) is 29.9. The van der Waals surface area contributed by atoms with Gasteiger partial charge in [-0.2, -0.15) is 0 Å². The van der Waals surface area contributed by atoms with Gasteiger partial charge < -0.3 is 15.4 Å². The van der Waals surface area contributed by atoms with Crippen molar-refractivity contribution in [3.63, 3.8) is 0 Å². The lowest BCUT2D eigenvalue weighted by Gasteiger charge is -2.25. The van der Waals surface area contributed by atoms with Crippen LogP contribution in [-0.2, 0) is 10.2 Å². The topological polar surface area (TPSA) is 45.7 Å². The minimum absolute atomic E-state index is 0. The third-order valence-electron chi connectivity index (χ3n) is 5.54. The Kier molecular flexibility index (Phi) is 5.76. The van der Waals surface area contributed by atoms with E-state index in [0.29, 0.717) is 18.2 Å². The van der Waals surface area contributed by atoms with Crippen LogP contribution in [-0.4, -0.2) is 37.8 Å². The number of rotatable bonds is 4. The number of guanidine groups is 1. The van der Waals surface area contributed by atoms with Gasteiger partial charge in [0, 0.05) is 23.5 Å². The van der Waals surface area contributed by atoms with E-state index in [1.807, 2.05) is 7.05 Å². The molecule has 2 saturated heterocycles. The first-order valence-corrected chi connectivity index (χ1v) is 9.37. The molecule has 1 aliphatic carbocycles. The Morgan fingerprint density at radius 2 is 2.12 bits per heavy atom. The maximum Gasteiger partial charge on any atom is 0.191 e. The highest BCUT2D eigenvalue weighted by Crippen LogP contribution is 2.49. The van der Waals surface area contributed by atoms with E-state index in [2.05, 4.69) is 55.8 Å². The van der Waals surface area contributed by atoms with Crippen molar-refractivity contribution in [1.82, 2.24) is 10.6 Å². The summed E-state index contributed by atoms with van der Waals surface area (Å²) in [5.41, 5.74) is 1.66. The summed E-state index contributed by atoms with van der Waals surface area (Å²) in [6, 6.07) is 8.99. The zero-order chi connectivity index (χ0) is 15.9. The molecule has 1 aromatic rings. The molecule has 2 heterocycles. The lowest BCUT2D eigenvalue weighted by molar-refractivity contribution is 0.0992. The minimum atomic E-state index is 0. The van der Waals surface area contributed by atoms with E-state index in [1.165, 1.54) is 35.7 Å². The molecule has 132 valence electrons. The Morgan fingerprint density at radius 3 is 2.71 bits per heavy atom. The zero-order valence-electron chi connectivity index (χ0n) is 13.9. The number of benzene rings is 1. The monoisotopic (exact) mass is 505 g/mol. The molecule has 0 aromatic heterocycles. The van der Waals surface area contributed by atoms with Crippen LogP contribution < -0.4 is 10.6 Å². The van der Waals surface area contributed by atoms with E-state index in [1.54, 1.807) is 0 Å². The van der Waals surface area contributed by atoms with Gasteiger partial charge >= 0.3 is 0 Å². The molecule has 6 heteroatoms. The Bertz CT molecular complexity index is 620. The summed E-state index contributed by atoms with van der Waals surface area (Å²) in [7, 11) is 1.85. The van der Waals surface area contributed by atoms with Crippen molar-refractivity contribution in [2.75, 3.05) is 13.6 Å². The number of fused-ring (bicyclic) bond motifs is 2. The van der Waals surface area contributed by atoms with Crippen LogP contribution in [0.2, 0.25) is 0 Å². The standard InChI is InChI=1S/C18H24BrN3O.HI/c1-20-17(22-15-10-12-6-7-16(15)23-12)21-11-18(8-9-18)13-4-2-3-5-14(13)19;/h2-5,12,15-16H,6-11H2,1H3,(H2,20,21,22);1H. The third-order valence-corrected chi connectivity index (χ3v) is 6.24. The van der Waals surface area contributed by atoms with Crippen LogP contribution >= 0.6 is 39.9 Å². The number of ether oxygens (including phenoxy) is 1. The number of nitrogens with one attached hydrogen (secondary N) is 2. The molecular formula is C18H25BrIN3O. The van der Waals surface area contributed by atoms with E-state index in [0.717, 1.165) is 18.9 Å². The molecular weight excluding hydrogens is 481 g/mol. The molecule has 2 N–H and O–H groups in total. The summed E-state index contributed by atoms with van der Waals surface area (Å²) in [4.78, 5) is 4.41. The second kappa shape index (κ2) is 7.50. The van der Waals surface area contributed by atoms with Crippen molar-refractivity contribution in [2.24, 2.45) is 4.99 Å². The molecule has 1 aromatic carbocycles. The van der Waals surface area contributed by atoms with Crippen molar-refractivity contribution in [3.05, 3.63) is 34.3 Å². The van der Waals surface area contributed by atoms with Gasteiger partial charge in [0.05, 0.1) is 18.2 Å². The molecule has 3 fully saturated rings. The number of aliphatic imine (C=N–C) groups is 1. The summed E-state index contributed by atoms with van der Waals surface area (Å²) >= 11 is 3.70. The van der Waals surface area contributed by atoms with Gasteiger partial charge in [0.15, 0.2) is 5.96 Å². The van der Waals surface area contributed by atoms with E-state index in [9.17, 15) is 0 Å². The quantitative estimate of drug-likeness (QED) is 0.373. The summed E-state index contributed by atoms with van der Waals surface area (Å²) in [6.07, 6.45) is 6.82. The summed E-state index contributed by atoms with van der Waals surface area (Å²) in [6.45, 7) is 0.928. The first-order chi connectivity index (χ1) is 11.2. The molecule has 2 bridgehead atoms. The second-order valence-electron chi connectivity index (χ2n) is 7.05. The lowest BCUT2D eigenvalue weighted by atomic mass is 9.95. The van der Waals surface area contributed by atoms with Gasteiger partial charge in [-0.3, -0.25) is 4.99 Å². The molecule has 3 atom stereocenters. The number of nitrogens with zero attached hydrogens (tertiary/aromatic N) is 1. The first kappa shape index (κ1) is 18.5. The van der Waals surface area contributed by atoms with Crippen LogP contribution in [0.1, 0.15) is 37.7 Å². The summed E-state index contributed by atoms with van der Waals surface area (Å²) in [5.74, 6) is 0.907. The highest BCUT2D eigenvalue weighted by Gasteiger charge is 2.46. The van der Waals surface area contributed by atoms with E-state index < -0.39 is 0 Å². The van der Waals surface area contributed by atoms with Crippen molar-refractivity contribution in [3.8, 4) is 0 Å². The number of halogens is 2. The molecule has 4 rings (SSSR count). The van der Waals surface area contributed by atoms with Crippen LogP contribution in [0, 0.1) is 0 Å². The maximum atomic E-state index is 5.92. The fourth-order valence-corrected chi connectivity index (χ4v) is 4.70. The highest BCUT2D eigenvalue weighted by atomic mass is 127. The van der Waals surface area contributed by atoms with Crippen molar-refractivity contribution in [1.29, 1.82) is 0 Å². The van der Waals surface area contributed by atoms with E-state index in [4.69, 9.17) is 4.74 Å². The molecule has 24 heavy (non-hydrogen) atoms. The Labute approximate surface area is 169 Å².